The molecule has 4 saturated carbocycles. The Kier molecular flexibility index (Phi) is 18.3. The van der Waals surface area contributed by atoms with Gasteiger partial charge in [0.25, 0.3) is 0 Å². The van der Waals surface area contributed by atoms with Crippen molar-refractivity contribution in [2.24, 2.45) is 50.2 Å². The minimum atomic E-state index is -1.98. The number of carboxylic acids is 1. The molecule has 0 bridgehead atoms. The molecule has 14 N–H and O–H groups in total. The Hall–Kier alpha value is -1.71. The van der Waals surface area contributed by atoms with Crippen LogP contribution < -0.4 is 0 Å². The van der Waals surface area contributed by atoms with Crippen molar-refractivity contribution in [3.63, 3.8) is 0 Å². The van der Waals surface area contributed by atoms with E-state index in [2.05, 4.69) is 54.5 Å². The minimum Gasteiger partial charge on any atom is -0.481 e. The maximum absolute atomic E-state index is 13.2. The predicted octanol–water partition coefficient (Wildman–Crippen LogP) is -1.34. The largest absolute Gasteiger partial charge is 0.481 e. The standard InChI is InChI=1S/C58H94O25/c1-24-34(62)45(82-47-40(68)37(65)30(23-75-47)79-48-42(70)39(67)44(29(21-60)78-48)81-49-41(69)38(66)36(64)28(20-59)77-49)43(71)50(76-24)83-46-35(63)27(61)22-74-51(46)80-33-12-13-55(6)31(54(33,4)5)11-14-57(8)32(55)10-9-25-26-19-53(2,3)15-17-58(26,52(72)73)18-16-56(25,57)7/h9,24,26-51,59-71H,10-23H2,1-8H3,(H,72,73)/t24-,26-,27-,28+,29+,30+,31-,32+,33-,34-,35-,36+,37-,38-,39+,40+,41+,42+,43+,44+,45+,46+,47-,48-,49-,50-,51-,55-,56+,57+,58-/m0/s1. The van der Waals surface area contributed by atoms with Crippen molar-refractivity contribution < 1.29 is 124 Å². The number of aliphatic hydroxyl groups excluding tert-OH is 13. The van der Waals surface area contributed by atoms with Gasteiger partial charge in [-0.2, -0.15) is 0 Å². The molecule has 5 aliphatic carbocycles. The van der Waals surface area contributed by atoms with E-state index in [1.165, 1.54) is 12.5 Å². The Labute approximate surface area is 483 Å². The Morgan fingerprint density at radius 1 is 0.554 bits per heavy atom. The van der Waals surface area contributed by atoms with E-state index in [-0.39, 0.29) is 40.1 Å². The minimum absolute atomic E-state index is 0.00231. The summed E-state index contributed by atoms with van der Waals surface area (Å²) in [6, 6.07) is 0. The third-order valence-corrected chi connectivity index (χ3v) is 22.8. The average molecular weight is 1190 g/mol. The summed E-state index contributed by atoms with van der Waals surface area (Å²) in [5, 5.41) is 152. The summed E-state index contributed by atoms with van der Waals surface area (Å²) in [5.74, 6) is -0.136. The van der Waals surface area contributed by atoms with Crippen molar-refractivity contribution in [1.82, 2.24) is 0 Å². The van der Waals surface area contributed by atoms with Gasteiger partial charge >= 0.3 is 5.97 Å². The van der Waals surface area contributed by atoms with Crippen LogP contribution in [0.5, 0.6) is 0 Å². The Morgan fingerprint density at radius 3 is 1.84 bits per heavy atom. The number of ether oxygens (including phenoxy) is 10. The normalized spacial score (nSPS) is 54.3. The van der Waals surface area contributed by atoms with Crippen LogP contribution in [0.4, 0.5) is 0 Å². The molecule has 10 rings (SSSR count). The highest BCUT2D eigenvalue weighted by Crippen LogP contribution is 2.76. The molecule has 0 aromatic rings. The molecular weight excluding hydrogens is 1100 g/mol. The van der Waals surface area contributed by atoms with E-state index in [9.17, 15) is 76.3 Å². The molecule has 0 unspecified atom stereocenters. The van der Waals surface area contributed by atoms with Gasteiger partial charge in [0.2, 0.25) is 0 Å². The Morgan fingerprint density at radius 2 is 1.16 bits per heavy atom. The second-order valence-corrected chi connectivity index (χ2v) is 28.2. The number of hydrogen-bond acceptors (Lipinski definition) is 24. The Bertz CT molecular complexity index is 2310. The van der Waals surface area contributed by atoms with Crippen molar-refractivity contribution >= 4 is 5.97 Å². The smallest absolute Gasteiger partial charge is 0.310 e. The number of aliphatic hydroxyl groups is 13. The zero-order valence-corrected chi connectivity index (χ0v) is 48.8. The van der Waals surface area contributed by atoms with Gasteiger partial charge in [0.15, 0.2) is 31.5 Å². The van der Waals surface area contributed by atoms with E-state index >= 15 is 0 Å². The first kappa shape index (κ1) is 64.3. The van der Waals surface area contributed by atoms with Crippen LogP contribution in [0.25, 0.3) is 0 Å². The first-order valence-corrected chi connectivity index (χ1v) is 30.0. The van der Waals surface area contributed by atoms with Gasteiger partial charge in [0, 0.05) is 0 Å². The SMILES string of the molecule is C[C@@H]1O[C@@H](O[C@H]2[C@H](O[C@H]3CC[C@]4(C)[C@H]5CC=C6[C@@H]7CC(C)(C)CC[C@]7(C(=O)O)CC[C@@]6(C)[C@]5(C)CC[C@H]4C3(C)C)OC[C@H](O)[C@@H]2O)[C@H](O)[C@H](O[C@@H]2OC[C@@H](O[C@@H]3O[C@H](CO)[C@@H](O[C@@H]4O[C@H](CO)[C@@H](O)[C@H](O)[C@H]4O)[C@H](O)[C@H]3O)[C@H](O)[C@H]2O)[C@H]1O. The fraction of sp³-hybridized carbons (Fsp3) is 0.948. The zero-order valence-electron chi connectivity index (χ0n) is 48.8. The van der Waals surface area contributed by atoms with Crippen molar-refractivity contribution in [3.8, 4) is 0 Å². The fourth-order valence-electron chi connectivity index (χ4n) is 17.5. The van der Waals surface area contributed by atoms with E-state index in [4.69, 9.17) is 47.4 Å². The summed E-state index contributed by atoms with van der Waals surface area (Å²) in [6.45, 7) is 15.3. The maximum atomic E-state index is 13.2. The van der Waals surface area contributed by atoms with Gasteiger partial charge in [-0.1, -0.05) is 60.1 Å². The highest BCUT2D eigenvalue weighted by molar-refractivity contribution is 5.76. The lowest BCUT2D eigenvalue weighted by Crippen LogP contribution is -2.66. The lowest BCUT2D eigenvalue weighted by molar-refractivity contribution is -0.386. The second-order valence-electron chi connectivity index (χ2n) is 28.2. The molecule has 83 heavy (non-hydrogen) atoms. The highest BCUT2D eigenvalue weighted by Gasteiger charge is 2.70. The summed E-state index contributed by atoms with van der Waals surface area (Å²) in [4.78, 5) is 13.2. The zero-order chi connectivity index (χ0) is 60.4. The summed E-state index contributed by atoms with van der Waals surface area (Å²) in [5.41, 5.74) is -0.0882. The molecule has 0 spiro atoms. The van der Waals surface area contributed by atoms with Crippen LogP contribution in [0.15, 0.2) is 11.6 Å². The summed E-state index contributed by atoms with van der Waals surface area (Å²) < 4.78 is 59.4. The molecule has 25 nitrogen and oxygen atoms in total. The molecule has 0 radical (unpaired) electrons. The van der Waals surface area contributed by atoms with E-state index in [1.54, 1.807) is 0 Å². The number of allylic oxidation sites excluding steroid dienone is 2. The monoisotopic (exact) mass is 1190 g/mol. The highest BCUT2D eigenvalue weighted by atomic mass is 16.8. The molecule has 0 amide bonds. The summed E-state index contributed by atoms with van der Waals surface area (Å²) in [6.07, 6.45) is -27.9. The third-order valence-electron chi connectivity index (χ3n) is 22.8. The number of rotatable bonds is 13. The number of hydrogen-bond donors (Lipinski definition) is 14. The van der Waals surface area contributed by atoms with E-state index < -0.39 is 184 Å². The number of carboxylic acid groups (broad SMARTS) is 1. The fourth-order valence-corrected chi connectivity index (χ4v) is 17.5. The van der Waals surface area contributed by atoms with Gasteiger partial charge in [-0.15, -0.1) is 0 Å². The van der Waals surface area contributed by atoms with Gasteiger partial charge in [-0.3, -0.25) is 4.79 Å². The molecule has 0 aromatic heterocycles. The quantitative estimate of drug-likeness (QED) is 0.0750. The lowest BCUT2D eigenvalue weighted by atomic mass is 9.33. The van der Waals surface area contributed by atoms with Gasteiger partial charge in [0.1, 0.15) is 104 Å². The molecule has 9 fully saturated rings. The molecule has 10 aliphatic rings. The first-order chi connectivity index (χ1) is 38.9. The van der Waals surface area contributed by atoms with Crippen LogP contribution in [0.1, 0.15) is 120 Å². The predicted molar refractivity (Wildman–Crippen MR) is 282 cm³/mol. The number of fused-ring (bicyclic) bond motifs is 7. The first-order valence-electron chi connectivity index (χ1n) is 30.0. The van der Waals surface area contributed by atoms with Crippen LogP contribution in [0.3, 0.4) is 0 Å². The van der Waals surface area contributed by atoms with Crippen LogP contribution in [-0.2, 0) is 52.2 Å². The topological polar surface area (TPSA) is 393 Å². The van der Waals surface area contributed by atoms with Gasteiger partial charge in [-0.05, 0) is 116 Å². The molecule has 5 heterocycles. The lowest BCUT2D eigenvalue weighted by Gasteiger charge is -2.71. The van der Waals surface area contributed by atoms with Gasteiger partial charge in [-0.25, -0.2) is 0 Å². The van der Waals surface area contributed by atoms with E-state index in [0.717, 1.165) is 44.9 Å². The third kappa shape index (κ3) is 10.8. The van der Waals surface area contributed by atoms with Crippen LogP contribution in [0.2, 0.25) is 0 Å². The van der Waals surface area contributed by atoms with Gasteiger partial charge in [0.05, 0.1) is 44.1 Å². The van der Waals surface area contributed by atoms with E-state index in [0.29, 0.717) is 25.2 Å². The molecular formula is C58H94O25. The molecule has 25 heteroatoms. The van der Waals surface area contributed by atoms with Crippen molar-refractivity contribution in [1.29, 1.82) is 0 Å². The van der Waals surface area contributed by atoms with Gasteiger partial charge < -0.3 is 119 Å². The Balaban J connectivity index is 0.779. The molecule has 31 atom stereocenters. The molecule has 476 valence electrons. The van der Waals surface area contributed by atoms with Crippen LogP contribution in [-0.4, -0.2) is 251 Å². The summed E-state index contributed by atoms with van der Waals surface area (Å²) in [7, 11) is 0. The number of aliphatic carboxylic acids is 1. The van der Waals surface area contributed by atoms with Crippen molar-refractivity contribution in [2.45, 2.75) is 267 Å². The molecule has 0 aromatic carbocycles. The molecule has 5 aliphatic heterocycles. The van der Waals surface area contributed by atoms with Crippen molar-refractivity contribution in [2.75, 3.05) is 26.4 Å². The maximum Gasteiger partial charge on any atom is 0.310 e. The van der Waals surface area contributed by atoms with Crippen LogP contribution >= 0.6 is 0 Å². The molecule has 5 saturated heterocycles. The average Bonchev–Trinajstić information content (AvgIpc) is 0.779. The second kappa shape index (κ2) is 23.6. The number of carbonyl (C=O) groups is 1. The van der Waals surface area contributed by atoms with Crippen LogP contribution in [0, 0.1) is 50.2 Å². The van der Waals surface area contributed by atoms with E-state index in [1.807, 2.05) is 0 Å². The van der Waals surface area contributed by atoms with Crippen molar-refractivity contribution in [3.05, 3.63) is 11.6 Å². The summed E-state index contributed by atoms with van der Waals surface area (Å²) >= 11 is 0.